The third-order valence-corrected chi connectivity index (χ3v) is 3.51. The zero-order valence-corrected chi connectivity index (χ0v) is 11.5. The van der Waals surface area contributed by atoms with Crippen LogP contribution in [-0.4, -0.2) is 20.8 Å². The first kappa shape index (κ1) is 14.6. The second kappa shape index (κ2) is 5.91. The number of sulfonamides is 1. The van der Waals surface area contributed by atoms with E-state index in [0.29, 0.717) is 15.8 Å². The minimum atomic E-state index is -3.49. The molecule has 0 radical (unpaired) electrons. The molecule has 1 unspecified atom stereocenters. The number of hydrogen-bond acceptors (Lipinski definition) is 3. The highest BCUT2D eigenvalue weighted by Gasteiger charge is 2.12. The SMILES string of the molecule is CC(COc1cc(Cl)ccc1Cl)CS(N)(=O)=O. The number of halogens is 2. The molecule has 0 aromatic heterocycles. The minimum Gasteiger partial charge on any atom is -0.492 e. The first-order valence-corrected chi connectivity index (χ1v) is 7.33. The Bertz CT molecular complexity index is 490. The Morgan fingerprint density at radius 1 is 1.41 bits per heavy atom. The number of nitrogens with two attached hydrogens (primary N) is 1. The monoisotopic (exact) mass is 297 g/mol. The van der Waals surface area contributed by atoms with Crippen molar-refractivity contribution in [3.63, 3.8) is 0 Å². The summed E-state index contributed by atoms with van der Waals surface area (Å²) in [6, 6.07) is 4.83. The molecule has 1 aromatic rings. The summed E-state index contributed by atoms with van der Waals surface area (Å²) in [7, 11) is -3.49. The van der Waals surface area contributed by atoms with E-state index in [1.54, 1.807) is 25.1 Å². The summed E-state index contributed by atoms with van der Waals surface area (Å²) in [5.41, 5.74) is 0. The number of ether oxygens (including phenoxy) is 1. The molecule has 0 aliphatic rings. The van der Waals surface area contributed by atoms with Crippen LogP contribution in [0, 0.1) is 5.92 Å². The second-order valence-corrected chi connectivity index (χ2v) is 6.32. The average Bonchev–Trinajstić information content (AvgIpc) is 2.17. The molecule has 0 aliphatic heterocycles. The van der Waals surface area contributed by atoms with Gasteiger partial charge in [-0.3, -0.25) is 0 Å². The van der Waals surface area contributed by atoms with Gasteiger partial charge in [-0.1, -0.05) is 30.1 Å². The van der Waals surface area contributed by atoms with E-state index in [1.807, 2.05) is 0 Å². The third kappa shape index (κ3) is 5.59. The first-order valence-electron chi connectivity index (χ1n) is 4.86. The molecule has 7 heteroatoms. The molecule has 0 aliphatic carbocycles. The normalized spacial score (nSPS) is 13.4. The van der Waals surface area contributed by atoms with Gasteiger partial charge >= 0.3 is 0 Å². The molecular formula is C10H13Cl2NO3S. The highest BCUT2D eigenvalue weighted by Crippen LogP contribution is 2.27. The van der Waals surface area contributed by atoms with Crippen LogP contribution >= 0.6 is 23.2 Å². The highest BCUT2D eigenvalue weighted by molar-refractivity contribution is 7.89. The van der Waals surface area contributed by atoms with E-state index >= 15 is 0 Å². The maximum Gasteiger partial charge on any atom is 0.209 e. The Balaban J connectivity index is 2.58. The Morgan fingerprint density at radius 2 is 2.06 bits per heavy atom. The summed E-state index contributed by atoms with van der Waals surface area (Å²) in [6.45, 7) is 1.93. The lowest BCUT2D eigenvalue weighted by Gasteiger charge is -2.13. The van der Waals surface area contributed by atoms with Crippen molar-refractivity contribution in [2.75, 3.05) is 12.4 Å². The topological polar surface area (TPSA) is 69.4 Å². The van der Waals surface area contributed by atoms with Gasteiger partial charge in [0.2, 0.25) is 10.0 Å². The van der Waals surface area contributed by atoms with Crippen LogP contribution < -0.4 is 9.88 Å². The van der Waals surface area contributed by atoms with Crippen molar-refractivity contribution in [1.82, 2.24) is 0 Å². The number of benzene rings is 1. The molecule has 0 saturated carbocycles. The minimum absolute atomic E-state index is 0.134. The molecule has 1 aromatic carbocycles. The van der Waals surface area contributed by atoms with Gasteiger partial charge < -0.3 is 4.74 Å². The van der Waals surface area contributed by atoms with Gasteiger partial charge in [0.25, 0.3) is 0 Å². The maximum atomic E-state index is 10.8. The van der Waals surface area contributed by atoms with Gasteiger partial charge in [0.1, 0.15) is 5.75 Å². The molecule has 0 heterocycles. The highest BCUT2D eigenvalue weighted by atomic mass is 35.5. The lowest BCUT2D eigenvalue weighted by Crippen LogP contribution is -2.25. The van der Waals surface area contributed by atoms with Gasteiger partial charge in [0.05, 0.1) is 17.4 Å². The molecule has 0 bridgehead atoms. The fourth-order valence-electron chi connectivity index (χ4n) is 1.26. The van der Waals surface area contributed by atoms with E-state index in [2.05, 4.69) is 0 Å². The predicted octanol–water partition coefficient (Wildman–Crippen LogP) is 2.30. The van der Waals surface area contributed by atoms with Gasteiger partial charge in [0.15, 0.2) is 0 Å². The molecule has 17 heavy (non-hydrogen) atoms. The van der Waals surface area contributed by atoms with E-state index in [0.717, 1.165) is 0 Å². The third-order valence-electron chi connectivity index (χ3n) is 1.93. The molecule has 0 fully saturated rings. The fraction of sp³-hybridized carbons (Fsp3) is 0.400. The lowest BCUT2D eigenvalue weighted by molar-refractivity contribution is 0.272. The van der Waals surface area contributed by atoms with E-state index in [9.17, 15) is 8.42 Å². The molecule has 0 saturated heterocycles. The Morgan fingerprint density at radius 3 is 2.65 bits per heavy atom. The summed E-state index contributed by atoms with van der Waals surface area (Å²) in [5, 5.41) is 5.86. The number of primary sulfonamides is 1. The summed E-state index contributed by atoms with van der Waals surface area (Å²) < 4.78 is 27.1. The average molecular weight is 298 g/mol. The van der Waals surface area contributed by atoms with Crippen molar-refractivity contribution < 1.29 is 13.2 Å². The van der Waals surface area contributed by atoms with Crippen LogP contribution in [0.1, 0.15) is 6.92 Å². The molecule has 0 spiro atoms. The van der Waals surface area contributed by atoms with Crippen LogP contribution in [0.25, 0.3) is 0 Å². The van der Waals surface area contributed by atoms with E-state index in [1.165, 1.54) is 0 Å². The van der Waals surface area contributed by atoms with Crippen molar-refractivity contribution in [3.05, 3.63) is 28.2 Å². The largest absolute Gasteiger partial charge is 0.492 e. The van der Waals surface area contributed by atoms with Crippen molar-refractivity contribution in [3.8, 4) is 5.75 Å². The van der Waals surface area contributed by atoms with Gasteiger partial charge in [-0.2, -0.15) is 0 Å². The van der Waals surface area contributed by atoms with Crippen molar-refractivity contribution in [2.45, 2.75) is 6.92 Å². The van der Waals surface area contributed by atoms with Crippen molar-refractivity contribution in [1.29, 1.82) is 0 Å². The quantitative estimate of drug-likeness (QED) is 0.906. The molecule has 4 nitrogen and oxygen atoms in total. The molecule has 1 atom stereocenters. The standard InChI is InChI=1S/C10H13Cl2NO3S/c1-7(6-17(13,14)15)5-16-10-4-8(11)2-3-9(10)12/h2-4,7H,5-6H2,1H3,(H2,13,14,15). The second-order valence-electron chi connectivity index (χ2n) is 3.82. The van der Waals surface area contributed by atoms with E-state index in [-0.39, 0.29) is 18.3 Å². The zero-order valence-electron chi connectivity index (χ0n) is 9.19. The smallest absolute Gasteiger partial charge is 0.209 e. The van der Waals surface area contributed by atoms with Crippen LogP contribution in [0.5, 0.6) is 5.75 Å². The van der Waals surface area contributed by atoms with Crippen LogP contribution in [0.3, 0.4) is 0 Å². The Hall–Kier alpha value is -0.490. The van der Waals surface area contributed by atoms with E-state index < -0.39 is 10.0 Å². The molecular weight excluding hydrogens is 285 g/mol. The van der Waals surface area contributed by atoms with Crippen molar-refractivity contribution >= 4 is 33.2 Å². The van der Waals surface area contributed by atoms with Crippen LogP contribution in [0.15, 0.2) is 18.2 Å². The molecule has 96 valence electrons. The van der Waals surface area contributed by atoms with Crippen LogP contribution in [-0.2, 0) is 10.0 Å². The fourth-order valence-corrected chi connectivity index (χ4v) is 2.49. The van der Waals surface area contributed by atoms with Gasteiger partial charge in [-0.25, -0.2) is 13.6 Å². The summed E-state index contributed by atoms with van der Waals surface area (Å²) in [4.78, 5) is 0. The number of rotatable bonds is 5. The van der Waals surface area contributed by atoms with Crippen LogP contribution in [0.4, 0.5) is 0 Å². The lowest BCUT2D eigenvalue weighted by atomic mass is 10.2. The summed E-state index contributed by atoms with van der Waals surface area (Å²) in [5.74, 6) is 0.0750. The number of hydrogen-bond donors (Lipinski definition) is 1. The van der Waals surface area contributed by atoms with Crippen LogP contribution in [0.2, 0.25) is 10.0 Å². The van der Waals surface area contributed by atoms with Gasteiger partial charge in [-0.05, 0) is 12.1 Å². The summed E-state index contributed by atoms with van der Waals surface area (Å²) in [6.07, 6.45) is 0. The van der Waals surface area contributed by atoms with E-state index in [4.69, 9.17) is 33.1 Å². The van der Waals surface area contributed by atoms with Gasteiger partial charge in [-0.15, -0.1) is 0 Å². The Kier molecular flexibility index (Phi) is 5.06. The molecule has 2 N–H and O–H groups in total. The van der Waals surface area contributed by atoms with Crippen molar-refractivity contribution in [2.24, 2.45) is 11.1 Å². The Labute approximate surface area is 111 Å². The maximum absolute atomic E-state index is 10.8. The zero-order chi connectivity index (χ0) is 13.1. The first-order chi connectivity index (χ1) is 7.78. The molecule has 1 rings (SSSR count). The van der Waals surface area contributed by atoms with Gasteiger partial charge in [0, 0.05) is 17.0 Å². The predicted molar refractivity (Wildman–Crippen MR) is 69.1 cm³/mol. The summed E-state index contributed by atoms with van der Waals surface area (Å²) >= 11 is 11.7. The molecule has 0 amide bonds.